The third-order valence-electron chi connectivity index (χ3n) is 4.62. The quantitative estimate of drug-likeness (QED) is 0.690. The molecule has 29 heavy (non-hydrogen) atoms. The van der Waals surface area contributed by atoms with E-state index < -0.39 is 0 Å². The van der Waals surface area contributed by atoms with Gasteiger partial charge in [-0.05, 0) is 29.8 Å². The fourth-order valence-electron chi connectivity index (χ4n) is 3.09. The molecule has 0 unspecified atom stereocenters. The van der Waals surface area contributed by atoms with Crippen LogP contribution in [0.15, 0.2) is 48.5 Å². The molecule has 5 nitrogen and oxygen atoms in total. The Morgan fingerprint density at radius 3 is 2.48 bits per heavy atom. The molecular formula is C21H23Cl2N3O2S. The normalized spacial score (nSPS) is 14.6. The van der Waals surface area contributed by atoms with Crippen LogP contribution in [-0.4, -0.2) is 60.1 Å². The molecule has 0 radical (unpaired) electrons. The van der Waals surface area contributed by atoms with Crippen LogP contribution in [0.1, 0.15) is 5.56 Å². The summed E-state index contributed by atoms with van der Waals surface area (Å²) in [4.78, 5) is 28.6. The molecule has 0 saturated carbocycles. The summed E-state index contributed by atoms with van der Waals surface area (Å²) in [6, 6.07) is 14.9. The van der Waals surface area contributed by atoms with E-state index in [0.717, 1.165) is 11.3 Å². The molecular weight excluding hydrogens is 429 g/mol. The van der Waals surface area contributed by atoms with E-state index in [1.165, 1.54) is 0 Å². The molecule has 2 aromatic carbocycles. The van der Waals surface area contributed by atoms with Crippen LogP contribution in [0.25, 0.3) is 0 Å². The van der Waals surface area contributed by atoms with Crippen LogP contribution in [0.4, 0.5) is 5.69 Å². The first kappa shape index (κ1) is 22.0. The van der Waals surface area contributed by atoms with Gasteiger partial charge in [0.2, 0.25) is 11.8 Å². The highest BCUT2D eigenvalue weighted by molar-refractivity contribution is 7.99. The van der Waals surface area contributed by atoms with Crippen LogP contribution in [0.2, 0.25) is 10.0 Å². The van der Waals surface area contributed by atoms with Gasteiger partial charge in [0.15, 0.2) is 0 Å². The van der Waals surface area contributed by atoms with Crippen molar-refractivity contribution in [3.05, 3.63) is 64.1 Å². The van der Waals surface area contributed by atoms with Crippen molar-refractivity contribution in [3.63, 3.8) is 0 Å². The number of carbonyl (C=O) groups is 2. The molecule has 1 aliphatic rings. The number of amides is 2. The number of para-hydroxylation sites is 1. The smallest absolute Gasteiger partial charge is 0.238 e. The van der Waals surface area contributed by atoms with E-state index in [-0.39, 0.29) is 18.4 Å². The van der Waals surface area contributed by atoms with Crippen molar-refractivity contribution >= 4 is 52.5 Å². The van der Waals surface area contributed by atoms with Crippen molar-refractivity contribution in [1.82, 2.24) is 9.80 Å². The summed E-state index contributed by atoms with van der Waals surface area (Å²) in [5.41, 5.74) is 1.73. The van der Waals surface area contributed by atoms with Crippen molar-refractivity contribution < 1.29 is 9.59 Å². The molecule has 3 rings (SSSR count). The molecule has 1 fully saturated rings. The van der Waals surface area contributed by atoms with Crippen LogP contribution in [0.5, 0.6) is 0 Å². The van der Waals surface area contributed by atoms with Crippen molar-refractivity contribution in [2.24, 2.45) is 0 Å². The highest BCUT2D eigenvalue weighted by Crippen LogP contribution is 2.20. The Morgan fingerprint density at radius 1 is 1.00 bits per heavy atom. The molecule has 0 spiro atoms. The Bertz CT molecular complexity index is 857. The molecule has 0 atom stereocenters. The third-order valence-corrected chi connectivity index (χ3v) is 6.18. The summed E-state index contributed by atoms with van der Waals surface area (Å²) in [7, 11) is 0. The second-order valence-corrected chi connectivity index (χ2v) is 8.64. The van der Waals surface area contributed by atoms with Crippen molar-refractivity contribution in [2.75, 3.05) is 43.8 Å². The molecule has 0 aromatic heterocycles. The monoisotopic (exact) mass is 451 g/mol. The van der Waals surface area contributed by atoms with Gasteiger partial charge in [-0.1, -0.05) is 47.5 Å². The van der Waals surface area contributed by atoms with E-state index in [4.69, 9.17) is 23.2 Å². The Labute approximate surface area is 185 Å². The zero-order valence-corrected chi connectivity index (χ0v) is 18.3. The number of anilines is 1. The van der Waals surface area contributed by atoms with Gasteiger partial charge in [0.05, 0.1) is 23.0 Å². The maximum Gasteiger partial charge on any atom is 0.238 e. The van der Waals surface area contributed by atoms with Crippen LogP contribution in [0, 0.1) is 0 Å². The van der Waals surface area contributed by atoms with Crippen molar-refractivity contribution in [3.8, 4) is 0 Å². The fraction of sp³-hybridized carbons (Fsp3) is 0.333. The van der Waals surface area contributed by atoms with Gasteiger partial charge in [0.1, 0.15) is 0 Å². The average Bonchev–Trinajstić information content (AvgIpc) is 2.70. The molecule has 2 aromatic rings. The summed E-state index contributed by atoms with van der Waals surface area (Å²) >= 11 is 13.6. The average molecular weight is 452 g/mol. The first-order valence-electron chi connectivity index (χ1n) is 9.38. The fourth-order valence-corrected chi connectivity index (χ4v) is 4.36. The number of carbonyl (C=O) groups excluding carboxylic acids is 2. The highest BCUT2D eigenvalue weighted by Gasteiger charge is 2.22. The Kier molecular flexibility index (Phi) is 8.24. The van der Waals surface area contributed by atoms with Gasteiger partial charge in [-0.3, -0.25) is 14.5 Å². The zero-order chi connectivity index (χ0) is 20.6. The number of nitrogens with zero attached hydrogens (tertiary/aromatic N) is 2. The minimum Gasteiger partial charge on any atom is -0.339 e. The van der Waals surface area contributed by atoms with Crippen molar-refractivity contribution in [1.29, 1.82) is 0 Å². The predicted molar refractivity (Wildman–Crippen MR) is 121 cm³/mol. The molecule has 0 bridgehead atoms. The Morgan fingerprint density at radius 2 is 1.76 bits per heavy atom. The van der Waals surface area contributed by atoms with E-state index in [1.807, 2.05) is 41.3 Å². The number of halogens is 2. The lowest BCUT2D eigenvalue weighted by molar-refractivity contribution is -0.130. The van der Waals surface area contributed by atoms with Gasteiger partial charge in [-0.2, -0.15) is 0 Å². The molecule has 1 heterocycles. The van der Waals surface area contributed by atoms with Crippen LogP contribution in [-0.2, 0) is 15.3 Å². The Balaban J connectivity index is 1.36. The van der Waals surface area contributed by atoms with E-state index >= 15 is 0 Å². The minimum absolute atomic E-state index is 0.102. The number of rotatable bonds is 7. The first-order chi connectivity index (χ1) is 14.0. The Hall–Kier alpha value is -1.73. The van der Waals surface area contributed by atoms with Crippen LogP contribution < -0.4 is 5.32 Å². The topological polar surface area (TPSA) is 52.7 Å². The number of hydrogen-bond acceptors (Lipinski definition) is 4. The second kappa shape index (κ2) is 10.9. The number of benzene rings is 2. The van der Waals surface area contributed by atoms with Crippen LogP contribution >= 0.6 is 35.0 Å². The van der Waals surface area contributed by atoms with Gasteiger partial charge >= 0.3 is 0 Å². The summed E-state index contributed by atoms with van der Waals surface area (Å²) in [6.07, 6.45) is 0. The standard InChI is InChI=1S/C21H23Cl2N3O2S/c22-17-5-3-4-16(12-17)14-29-15-21(28)26-10-8-25(9-11-26)13-20(27)24-19-7-2-1-6-18(19)23/h1-7,12H,8-11,13-15H2,(H,24,27). The maximum absolute atomic E-state index is 12.4. The molecule has 2 amide bonds. The molecule has 8 heteroatoms. The van der Waals surface area contributed by atoms with E-state index in [1.54, 1.807) is 23.9 Å². The highest BCUT2D eigenvalue weighted by atomic mass is 35.5. The predicted octanol–water partition coefficient (Wildman–Crippen LogP) is 4.01. The van der Waals surface area contributed by atoms with Crippen LogP contribution in [0.3, 0.4) is 0 Å². The van der Waals surface area contributed by atoms with Gasteiger partial charge in [0.25, 0.3) is 0 Å². The molecule has 154 valence electrons. The lowest BCUT2D eigenvalue weighted by Crippen LogP contribution is -2.50. The summed E-state index contributed by atoms with van der Waals surface area (Å²) in [5, 5.41) is 4.07. The summed E-state index contributed by atoms with van der Waals surface area (Å²) in [5.74, 6) is 1.24. The van der Waals surface area contributed by atoms with E-state index in [2.05, 4.69) is 10.2 Å². The number of hydrogen-bond donors (Lipinski definition) is 1. The second-order valence-electron chi connectivity index (χ2n) is 6.81. The maximum atomic E-state index is 12.4. The lowest BCUT2D eigenvalue weighted by Gasteiger charge is -2.34. The number of piperazine rings is 1. The summed E-state index contributed by atoms with van der Waals surface area (Å²) < 4.78 is 0. The lowest BCUT2D eigenvalue weighted by atomic mass is 10.2. The molecule has 1 saturated heterocycles. The van der Waals surface area contributed by atoms with Gasteiger partial charge in [-0.25, -0.2) is 0 Å². The van der Waals surface area contributed by atoms with Gasteiger partial charge < -0.3 is 10.2 Å². The van der Waals surface area contributed by atoms with Gasteiger partial charge in [-0.15, -0.1) is 11.8 Å². The SMILES string of the molecule is O=C(CN1CCN(C(=O)CSCc2cccc(Cl)c2)CC1)Nc1ccccc1Cl. The van der Waals surface area contributed by atoms with E-state index in [0.29, 0.717) is 47.7 Å². The largest absolute Gasteiger partial charge is 0.339 e. The van der Waals surface area contributed by atoms with Crippen molar-refractivity contribution in [2.45, 2.75) is 5.75 Å². The zero-order valence-electron chi connectivity index (χ0n) is 15.9. The molecule has 1 N–H and O–H groups in total. The molecule has 0 aliphatic carbocycles. The van der Waals surface area contributed by atoms with Gasteiger partial charge in [0, 0.05) is 37.0 Å². The summed E-state index contributed by atoms with van der Waals surface area (Å²) in [6.45, 7) is 2.92. The number of nitrogens with one attached hydrogen (secondary N) is 1. The van der Waals surface area contributed by atoms with E-state index in [9.17, 15) is 9.59 Å². The molecule has 1 aliphatic heterocycles. The minimum atomic E-state index is -0.102. The first-order valence-corrected chi connectivity index (χ1v) is 11.3. The third kappa shape index (κ3) is 6.93. The number of thioether (sulfide) groups is 1.